The average Bonchev–Trinajstić information content (AvgIpc) is 3.31. The van der Waals surface area contributed by atoms with Gasteiger partial charge < -0.3 is 33.3 Å². The summed E-state index contributed by atoms with van der Waals surface area (Å²) in [5, 5.41) is 11.7. The standard InChI is InChI=1S/C60H109NO8/c1-6-8-10-12-14-16-18-20-22-23-24-25-26-27-28-29-30-31-32-33-34-35-37-38-40-42-44-46-48-50-57(62)67-54-56(55-68-60(59(64)65)66-53-52-61(3,4)5)69-58(63)51-49-47-45-43-41-39-36-21-19-17-15-13-11-9-7-2/h9,11,15,17,21,36,41,43,56,60H,6-8,10,12-14,16,18-20,22-35,37-40,42,44-55H2,1-5H3/b11-9-,17-15-,36-21-,43-41-. The molecular formula is C60H109NO8. The molecule has 0 saturated heterocycles. The Bertz CT molecular complexity index is 1270. The first-order valence-corrected chi connectivity index (χ1v) is 28.8. The lowest BCUT2D eigenvalue weighted by molar-refractivity contribution is -0.870. The van der Waals surface area contributed by atoms with Gasteiger partial charge in [-0.05, 0) is 51.4 Å². The summed E-state index contributed by atoms with van der Waals surface area (Å²) < 4.78 is 22.6. The predicted molar refractivity (Wildman–Crippen MR) is 288 cm³/mol. The summed E-state index contributed by atoms with van der Waals surface area (Å²) in [6.45, 7) is 4.61. The summed E-state index contributed by atoms with van der Waals surface area (Å²) in [7, 11) is 5.90. The second-order valence-electron chi connectivity index (χ2n) is 20.6. The van der Waals surface area contributed by atoms with Gasteiger partial charge in [-0.1, -0.05) is 242 Å². The van der Waals surface area contributed by atoms with Crippen LogP contribution in [0.4, 0.5) is 0 Å². The maximum Gasteiger partial charge on any atom is 0.306 e. The first-order chi connectivity index (χ1) is 33.6. The first-order valence-electron chi connectivity index (χ1n) is 28.8. The molecule has 0 aromatic carbocycles. The Morgan fingerprint density at radius 2 is 0.826 bits per heavy atom. The number of carboxylic acids is 1. The number of hydrogen-bond donors (Lipinski definition) is 0. The molecule has 0 amide bonds. The van der Waals surface area contributed by atoms with Crippen LogP contribution >= 0.6 is 0 Å². The van der Waals surface area contributed by atoms with Crippen molar-refractivity contribution in [3.63, 3.8) is 0 Å². The summed E-state index contributed by atoms with van der Waals surface area (Å²) in [5.41, 5.74) is 0. The summed E-state index contributed by atoms with van der Waals surface area (Å²) in [4.78, 5) is 37.2. The lowest BCUT2D eigenvalue weighted by Gasteiger charge is -2.26. The van der Waals surface area contributed by atoms with Gasteiger partial charge in [0, 0.05) is 12.8 Å². The van der Waals surface area contributed by atoms with Crippen molar-refractivity contribution in [2.24, 2.45) is 0 Å². The van der Waals surface area contributed by atoms with Gasteiger partial charge in [0.15, 0.2) is 12.4 Å². The van der Waals surface area contributed by atoms with Crippen LogP contribution in [0.5, 0.6) is 0 Å². The molecule has 0 radical (unpaired) electrons. The number of aliphatic carboxylic acids is 1. The van der Waals surface area contributed by atoms with Crippen molar-refractivity contribution in [2.45, 2.75) is 270 Å². The summed E-state index contributed by atoms with van der Waals surface area (Å²) in [6.07, 6.45) is 60.5. The van der Waals surface area contributed by atoms with E-state index in [2.05, 4.69) is 62.5 Å². The van der Waals surface area contributed by atoms with Gasteiger partial charge in [0.25, 0.3) is 0 Å². The van der Waals surface area contributed by atoms with Gasteiger partial charge in [0.05, 0.1) is 40.3 Å². The Balaban J connectivity index is 4.14. The van der Waals surface area contributed by atoms with E-state index in [9.17, 15) is 19.5 Å². The van der Waals surface area contributed by atoms with E-state index in [0.717, 1.165) is 57.8 Å². The second kappa shape index (κ2) is 51.6. The molecule has 0 aliphatic carbocycles. The number of ether oxygens (including phenoxy) is 4. The zero-order valence-electron chi connectivity index (χ0n) is 45.7. The number of nitrogens with zero attached hydrogens (tertiary/aromatic N) is 1. The molecule has 0 heterocycles. The molecule has 0 aliphatic heterocycles. The Kier molecular flexibility index (Phi) is 49.5. The minimum Gasteiger partial charge on any atom is -0.545 e. The Morgan fingerprint density at radius 3 is 1.23 bits per heavy atom. The van der Waals surface area contributed by atoms with E-state index in [4.69, 9.17) is 18.9 Å². The van der Waals surface area contributed by atoms with Gasteiger partial charge in [-0.2, -0.15) is 0 Å². The van der Waals surface area contributed by atoms with Crippen molar-refractivity contribution in [3.05, 3.63) is 48.6 Å². The number of rotatable bonds is 53. The van der Waals surface area contributed by atoms with E-state index in [1.165, 1.54) is 167 Å². The van der Waals surface area contributed by atoms with Crippen LogP contribution in [0, 0.1) is 0 Å². The number of unbranched alkanes of at least 4 members (excludes halogenated alkanes) is 30. The van der Waals surface area contributed by atoms with Crippen LogP contribution in [0.1, 0.15) is 258 Å². The molecule has 9 heteroatoms. The smallest absolute Gasteiger partial charge is 0.306 e. The van der Waals surface area contributed by atoms with Crippen LogP contribution in [0.2, 0.25) is 0 Å². The fraction of sp³-hybridized carbons (Fsp3) is 0.817. The number of carbonyl (C=O) groups is 3. The molecule has 2 unspecified atom stereocenters. The van der Waals surface area contributed by atoms with Crippen molar-refractivity contribution in [2.75, 3.05) is 47.5 Å². The Hall–Kier alpha value is -2.75. The monoisotopic (exact) mass is 972 g/mol. The third-order valence-electron chi connectivity index (χ3n) is 12.6. The van der Waals surface area contributed by atoms with Crippen molar-refractivity contribution in [1.29, 1.82) is 0 Å². The number of hydrogen-bond acceptors (Lipinski definition) is 8. The molecule has 0 aromatic heterocycles. The van der Waals surface area contributed by atoms with E-state index >= 15 is 0 Å². The van der Waals surface area contributed by atoms with Crippen LogP contribution in [-0.4, -0.2) is 82.3 Å². The van der Waals surface area contributed by atoms with Crippen LogP contribution in [0.3, 0.4) is 0 Å². The highest BCUT2D eigenvalue weighted by atomic mass is 16.7. The number of carbonyl (C=O) groups excluding carboxylic acids is 3. The van der Waals surface area contributed by atoms with Gasteiger partial charge in [0.1, 0.15) is 13.2 Å². The molecule has 0 spiro atoms. The SMILES string of the molecule is CC/C=C\C/C=C\C/C=C\C/C=C\CCCCC(=O)OC(COC(=O)CCCCCCCCCCCCCCCCCCCCCCCCCCCCCCC)COC(OCC[N+](C)(C)C)C(=O)[O-]. The van der Waals surface area contributed by atoms with E-state index < -0.39 is 24.3 Å². The molecule has 69 heavy (non-hydrogen) atoms. The molecule has 2 atom stereocenters. The summed E-state index contributed by atoms with van der Waals surface area (Å²) in [6, 6.07) is 0. The van der Waals surface area contributed by atoms with Gasteiger partial charge in [-0.25, -0.2) is 0 Å². The highest BCUT2D eigenvalue weighted by Crippen LogP contribution is 2.17. The number of carboxylic acid groups (broad SMARTS) is 1. The van der Waals surface area contributed by atoms with Crippen molar-refractivity contribution >= 4 is 17.9 Å². The Morgan fingerprint density at radius 1 is 0.449 bits per heavy atom. The van der Waals surface area contributed by atoms with E-state index in [-0.39, 0.29) is 38.6 Å². The molecule has 0 N–H and O–H groups in total. The van der Waals surface area contributed by atoms with Gasteiger partial charge in [-0.15, -0.1) is 0 Å². The van der Waals surface area contributed by atoms with E-state index in [1.807, 2.05) is 21.1 Å². The second-order valence-corrected chi connectivity index (χ2v) is 20.6. The van der Waals surface area contributed by atoms with Gasteiger partial charge >= 0.3 is 11.9 Å². The molecular weight excluding hydrogens is 863 g/mol. The molecule has 9 nitrogen and oxygen atoms in total. The molecule has 0 aromatic rings. The lowest BCUT2D eigenvalue weighted by atomic mass is 10.0. The first kappa shape index (κ1) is 66.2. The molecule has 0 fully saturated rings. The number of likely N-dealkylation sites (N-methyl/N-ethyl adjacent to an activating group) is 1. The normalized spacial score (nSPS) is 13.1. The molecule has 402 valence electrons. The number of esters is 2. The molecule has 0 aliphatic rings. The largest absolute Gasteiger partial charge is 0.545 e. The third-order valence-corrected chi connectivity index (χ3v) is 12.6. The summed E-state index contributed by atoms with van der Waals surface area (Å²) in [5.74, 6) is -2.33. The van der Waals surface area contributed by atoms with Crippen LogP contribution in [0.15, 0.2) is 48.6 Å². The number of quaternary nitrogens is 1. The molecule has 0 bridgehead atoms. The van der Waals surface area contributed by atoms with Crippen LogP contribution in [-0.2, 0) is 33.3 Å². The molecule has 0 rings (SSSR count). The van der Waals surface area contributed by atoms with Gasteiger partial charge in [-0.3, -0.25) is 9.59 Å². The predicted octanol–water partition coefficient (Wildman–Crippen LogP) is 15.3. The highest BCUT2D eigenvalue weighted by molar-refractivity contribution is 5.70. The quantitative estimate of drug-likeness (QED) is 0.0195. The van der Waals surface area contributed by atoms with E-state index in [0.29, 0.717) is 17.4 Å². The number of allylic oxidation sites excluding steroid dienone is 8. The fourth-order valence-electron chi connectivity index (χ4n) is 8.18. The lowest BCUT2D eigenvalue weighted by Crippen LogP contribution is -2.44. The molecule has 0 saturated carbocycles. The minimum atomic E-state index is -1.63. The van der Waals surface area contributed by atoms with E-state index in [1.54, 1.807) is 0 Å². The van der Waals surface area contributed by atoms with Crippen molar-refractivity contribution in [1.82, 2.24) is 0 Å². The fourth-order valence-corrected chi connectivity index (χ4v) is 8.18. The van der Waals surface area contributed by atoms with Crippen LogP contribution < -0.4 is 5.11 Å². The minimum absolute atomic E-state index is 0.139. The average molecular weight is 973 g/mol. The van der Waals surface area contributed by atoms with Crippen molar-refractivity contribution in [3.8, 4) is 0 Å². The summed E-state index contributed by atoms with van der Waals surface area (Å²) >= 11 is 0. The highest BCUT2D eigenvalue weighted by Gasteiger charge is 2.22. The Labute approximate surface area is 425 Å². The zero-order valence-corrected chi connectivity index (χ0v) is 45.7. The third kappa shape index (κ3) is 52.9. The maximum atomic E-state index is 12.8. The van der Waals surface area contributed by atoms with Crippen molar-refractivity contribution < 1.29 is 42.9 Å². The topological polar surface area (TPSA) is 111 Å². The maximum absolute atomic E-state index is 12.8. The van der Waals surface area contributed by atoms with Gasteiger partial charge in [0.2, 0.25) is 0 Å². The zero-order chi connectivity index (χ0) is 50.6. The van der Waals surface area contributed by atoms with Crippen LogP contribution in [0.25, 0.3) is 0 Å².